The second-order valence-corrected chi connectivity index (χ2v) is 4.87. The summed E-state index contributed by atoms with van der Waals surface area (Å²) in [5.74, 6) is 0. The van der Waals surface area contributed by atoms with E-state index in [2.05, 4.69) is 43.4 Å². The first-order valence-electron chi connectivity index (χ1n) is 6.04. The van der Waals surface area contributed by atoms with Gasteiger partial charge in [-0.1, -0.05) is 24.3 Å². The highest BCUT2D eigenvalue weighted by Crippen LogP contribution is 2.31. The van der Waals surface area contributed by atoms with Gasteiger partial charge in [-0.15, -0.1) is 0 Å². The van der Waals surface area contributed by atoms with Crippen LogP contribution in [0.3, 0.4) is 0 Å². The van der Waals surface area contributed by atoms with Crippen molar-refractivity contribution in [3.63, 3.8) is 0 Å². The van der Waals surface area contributed by atoms with Crippen LogP contribution >= 0.6 is 0 Å². The molecule has 1 aliphatic rings. The fraction of sp³-hybridized carbons (Fsp3) is 0.571. The van der Waals surface area contributed by atoms with Crippen molar-refractivity contribution in [2.24, 2.45) is 0 Å². The third kappa shape index (κ3) is 2.13. The van der Waals surface area contributed by atoms with Gasteiger partial charge in [0.2, 0.25) is 0 Å². The van der Waals surface area contributed by atoms with E-state index in [1.807, 2.05) is 0 Å². The molecule has 1 fully saturated rings. The van der Waals surface area contributed by atoms with Crippen molar-refractivity contribution < 1.29 is 4.74 Å². The molecule has 1 saturated heterocycles. The summed E-state index contributed by atoms with van der Waals surface area (Å²) in [6, 6.07) is 8.75. The third-order valence-electron chi connectivity index (χ3n) is 3.72. The summed E-state index contributed by atoms with van der Waals surface area (Å²) in [6.45, 7) is 5.50. The maximum absolute atomic E-state index is 5.37. The maximum atomic E-state index is 5.37. The summed E-state index contributed by atoms with van der Waals surface area (Å²) < 4.78 is 5.37. The highest BCUT2D eigenvalue weighted by Gasteiger charge is 2.30. The van der Waals surface area contributed by atoms with Crippen LogP contribution in [-0.2, 0) is 10.3 Å². The van der Waals surface area contributed by atoms with Crippen LogP contribution in [0.1, 0.15) is 43.9 Å². The molecule has 0 bridgehead atoms. The van der Waals surface area contributed by atoms with Crippen molar-refractivity contribution in [3.8, 4) is 0 Å². The second kappa shape index (κ2) is 4.56. The molecule has 2 unspecified atom stereocenters. The van der Waals surface area contributed by atoms with Gasteiger partial charge in [0.15, 0.2) is 0 Å². The van der Waals surface area contributed by atoms with E-state index in [-0.39, 0.29) is 11.6 Å². The molecule has 0 amide bonds. The Morgan fingerprint density at radius 1 is 1.44 bits per heavy atom. The lowest BCUT2D eigenvalue weighted by molar-refractivity contribution is 0.119. The molecule has 2 atom stereocenters. The summed E-state index contributed by atoms with van der Waals surface area (Å²) in [6.07, 6.45) is 2.66. The van der Waals surface area contributed by atoms with Crippen molar-refractivity contribution in [2.75, 3.05) is 13.7 Å². The second-order valence-electron chi connectivity index (χ2n) is 4.87. The predicted molar refractivity (Wildman–Crippen MR) is 66.5 cm³/mol. The van der Waals surface area contributed by atoms with E-state index in [0.717, 1.165) is 6.54 Å². The van der Waals surface area contributed by atoms with Crippen LogP contribution in [0.15, 0.2) is 24.3 Å². The number of ether oxygens (including phenoxy) is 1. The van der Waals surface area contributed by atoms with E-state index in [4.69, 9.17) is 4.74 Å². The van der Waals surface area contributed by atoms with E-state index in [0.29, 0.717) is 0 Å². The van der Waals surface area contributed by atoms with E-state index < -0.39 is 0 Å². The molecular weight excluding hydrogens is 198 g/mol. The Bertz CT molecular complexity index is 356. The van der Waals surface area contributed by atoms with Crippen LogP contribution in [0.5, 0.6) is 0 Å². The van der Waals surface area contributed by atoms with Gasteiger partial charge in [0.1, 0.15) is 0 Å². The molecule has 0 aliphatic carbocycles. The molecule has 1 aliphatic heterocycles. The molecule has 16 heavy (non-hydrogen) atoms. The van der Waals surface area contributed by atoms with E-state index in [1.165, 1.54) is 24.0 Å². The number of nitrogens with one attached hydrogen (secondary N) is 1. The normalized spacial score (nSPS) is 26.9. The summed E-state index contributed by atoms with van der Waals surface area (Å²) in [5, 5.41) is 3.59. The van der Waals surface area contributed by atoms with Crippen LogP contribution < -0.4 is 5.32 Å². The van der Waals surface area contributed by atoms with Crippen LogP contribution in [0.2, 0.25) is 0 Å². The summed E-state index contributed by atoms with van der Waals surface area (Å²) >= 11 is 0. The van der Waals surface area contributed by atoms with Gasteiger partial charge in [0.25, 0.3) is 0 Å². The largest absolute Gasteiger partial charge is 0.377 e. The lowest BCUT2D eigenvalue weighted by Gasteiger charge is -2.26. The summed E-state index contributed by atoms with van der Waals surface area (Å²) in [5.41, 5.74) is 2.80. The van der Waals surface area contributed by atoms with E-state index >= 15 is 0 Å². The molecule has 88 valence electrons. The Morgan fingerprint density at radius 3 is 2.88 bits per heavy atom. The number of hydrogen-bond donors (Lipinski definition) is 1. The molecule has 2 nitrogen and oxygen atoms in total. The van der Waals surface area contributed by atoms with Crippen LogP contribution in [0, 0.1) is 0 Å². The number of rotatable bonds is 3. The van der Waals surface area contributed by atoms with Crippen molar-refractivity contribution >= 4 is 0 Å². The first-order valence-corrected chi connectivity index (χ1v) is 6.04. The van der Waals surface area contributed by atoms with Gasteiger partial charge in [0.05, 0.1) is 6.10 Å². The fourth-order valence-electron chi connectivity index (χ4n) is 2.41. The number of benzene rings is 1. The topological polar surface area (TPSA) is 21.3 Å². The van der Waals surface area contributed by atoms with Gasteiger partial charge in [-0.05, 0) is 44.4 Å². The molecule has 1 aromatic rings. The SMILES string of the molecule is COC(C)c1cccc(C2(C)CCCN2)c1. The Morgan fingerprint density at radius 2 is 2.25 bits per heavy atom. The minimum Gasteiger partial charge on any atom is -0.377 e. The first kappa shape index (κ1) is 11.6. The zero-order valence-electron chi connectivity index (χ0n) is 10.4. The molecule has 0 radical (unpaired) electrons. The number of hydrogen-bond acceptors (Lipinski definition) is 2. The average Bonchev–Trinajstić information content (AvgIpc) is 2.77. The van der Waals surface area contributed by atoms with Crippen LogP contribution in [0.25, 0.3) is 0 Å². The lowest BCUT2D eigenvalue weighted by atomic mass is 9.89. The van der Waals surface area contributed by atoms with E-state index in [1.54, 1.807) is 7.11 Å². The molecule has 0 saturated carbocycles. The minimum atomic E-state index is 0.156. The minimum absolute atomic E-state index is 0.156. The molecule has 0 spiro atoms. The smallest absolute Gasteiger partial charge is 0.0793 e. The van der Waals surface area contributed by atoms with Gasteiger partial charge in [0, 0.05) is 12.6 Å². The maximum Gasteiger partial charge on any atom is 0.0793 e. The van der Waals surface area contributed by atoms with Crippen molar-refractivity contribution in [1.82, 2.24) is 5.32 Å². The molecule has 1 heterocycles. The fourth-order valence-corrected chi connectivity index (χ4v) is 2.41. The van der Waals surface area contributed by atoms with Gasteiger partial charge in [-0.25, -0.2) is 0 Å². The molecular formula is C14H21NO. The molecule has 0 aromatic heterocycles. The Hall–Kier alpha value is -0.860. The molecule has 1 N–H and O–H groups in total. The van der Waals surface area contributed by atoms with E-state index in [9.17, 15) is 0 Å². The zero-order chi connectivity index (χ0) is 11.6. The monoisotopic (exact) mass is 219 g/mol. The molecule has 1 aromatic carbocycles. The van der Waals surface area contributed by atoms with Crippen LogP contribution in [0.4, 0.5) is 0 Å². The van der Waals surface area contributed by atoms with Crippen molar-refractivity contribution in [3.05, 3.63) is 35.4 Å². The molecule has 2 heteroatoms. The average molecular weight is 219 g/mol. The lowest BCUT2D eigenvalue weighted by Crippen LogP contribution is -2.33. The zero-order valence-corrected chi connectivity index (χ0v) is 10.4. The highest BCUT2D eigenvalue weighted by molar-refractivity contribution is 5.31. The predicted octanol–water partition coefficient (Wildman–Crippen LogP) is 2.99. The van der Waals surface area contributed by atoms with Crippen LogP contribution in [-0.4, -0.2) is 13.7 Å². The van der Waals surface area contributed by atoms with Crippen molar-refractivity contribution in [1.29, 1.82) is 0 Å². The van der Waals surface area contributed by atoms with Gasteiger partial charge < -0.3 is 10.1 Å². The molecule has 2 rings (SSSR count). The Balaban J connectivity index is 2.28. The Labute approximate surface area is 98.0 Å². The third-order valence-corrected chi connectivity index (χ3v) is 3.72. The van der Waals surface area contributed by atoms with Gasteiger partial charge >= 0.3 is 0 Å². The Kier molecular flexibility index (Phi) is 3.31. The van der Waals surface area contributed by atoms with Crippen molar-refractivity contribution in [2.45, 2.75) is 38.3 Å². The highest BCUT2D eigenvalue weighted by atomic mass is 16.5. The standard InChI is InChI=1S/C14H21NO/c1-11(16-3)12-6-4-7-13(10-12)14(2)8-5-9-15-14/h4,6-7,10-11,15H,5,8-9H2,1-3H3. The number of methoxy groups -OCH3 is 1. The summed E-state index contributed by atoms with van der Waals surface area (Å²) in [7, 11) is 1.76. The van der Waals surface area contributed by atoms with Gasteiger partial charge in [-0.2, -0.15) is 0 Å². The first-order chi connectivity index (χ1) is 7.65. The summed E-state index contributed by atoms with van der Waals surface area (Å²) in [4.78, 5) is 0. The quantitative estimate of drug-likeness (QED) is 0.843. The van der Waals surface area contributed by atoms with Gasteiger partial charge in [-0.3, -0.25) is 0 Å².